The van der Waals surface area contributed by atoms with Crippen molar-refractivity contribution in [2.24, 2.45) is 0 Å². The van der Waals surface area contributed by atoms with Crippen LogP contribution in [0.3, 0.4) is 0 Å². The van der Waals surface area contributed by atoms with E-state index >= 15 is 0 Å². The van der Waals surface area contributed by atoms with E-state index in [4.69, 9.17) is 9.97 Å². The lowest BCUT2D eigenvalue weighted by Crippen LogP contribution is -1.88. The van der Waals surface area contributed by atoms with Crippen LogP contribution < -0.4 is 0 Å². The second-order valence-electron chi connectivity index (χ2n) is 13.1. The molecule has 0 aliphatic heterocycles. The smallest absolute Gasteiger partial charge is 0.0705 e. The number of hydrogen-bond acceptors (Lipinski definition) is 3. The fourth-order valence-corrected chi connectivity index (χ4v) is 8.50. The van der Waals surface area contributed by atoms with Gasteiger partial charge in [0.15, 0.2) is 0 Å². The summed E-state index contributed by atoms with van der Waals surface area (Å²) < 4.78 is 2.63. The SMILES string of the molecule is Cc1ccccc1-c1ccc(-c2ccc(-c3cccc4c3sc3c(-c5ccc(-c6ccc(-c7ccccc7C)nc6)cc5)cccc34)cc2)cn1. The molecule has 0 bridgehead atoms. The molecule has 0 amide bonds. The molecule has 242 valence electrons. The number of benzene rings is 6. The number of thiophene rings is 1. The van der Waals surface area contributed by atoms with Crippen molar-refractivity contribution in [2.75, 3.05) is 0 Å². The molecule has 0 aliphatic rings. The predicted octanol–water partition coefficient (Wildman–Crippen LogP) is 13.5. The first-order valence-electron chi connectivity index (χ1n) is 17.3. The van der Waals surface area contributed by atoms with Crippen molar-refractivity contribution >= 4 is 31.5 Å². The molecule has 0 aliphatic carbocycles. The highest BCUT2D eigenvalue weighted by atomic mass is 32.1. The number of rotatable bonds is 6. The number of nitrogens with zero attached hydrogens (tertiary/aromatic N) is 2. The summed E-state index contributed by atoms with van der Waals surface area (Å²) in [4.78, 5) is 9.60. The molecule has 2 nitrogen and oxygen atoms in total. The molecule has 0 fully saturated rings. The van der Waals surface area contributed by atoms with E-state index < -0.39 is 0 Å². The number of aryl methyl sites for hydroxylation is 2. The molecule has 9 rings (SSSR count). The summed E-state index contributed by atoms with van der Waals surface area (Å²) in [5.74, 6) is 0. The van der Waals surface area contributed by atoms with Crippen LogP contribution in [0.4, 0.5) is 0 Å². The summed E-state index contributed by atoms with van der Waals surface area (Å²) in [5.41, 5.74) is 16.3. The summed E-state index contributed by atoms with van der Waals surface area (Å²) in [6.45, 7) is 4.26. The molecule has 0 N–H and O–H groups in total. The van der Waals surface area contributed by atoms with E-state index in [1.807, 2.05) is 23.7 Å². The van der Waals surface area contributed by atoms with Gasteiger partial charge in [0.25, 0.3) is 0 Å². The lowest BCUT2D eigenvalue weighted by molar-refractivity contribution is 1.31. The monoisotopic (exact) mass is 670 g/mol. The Balaban J connectivity index is 1.01. The van der Waals surface area contributed by atoms with Crippen LogP contribution in [-0.4, -0.2) is 9.97 Å². The van der Waals surface area contributed by atoms with Crippen LogP contribution in [0.2, 0.25) is 0 Å². The Bertz CT molecular complexity index is 2480. The molecule has 3 heterocycles. The Kier molecular flexibility index (Phi) is 7.83. The molecule has 51 heavy (non-hydrogen) atoms. The number of pyridine rings is 2. The molecule has 3 aromatic heterocycles. The maximum Gasteiger partial charge on any atom is 0.0705 e. The summed E-state index contributed by atoms with van der Waals surface area (Å²) in [7, 11) is 0. The maximum absolute atomic E-state index is 4.80. The van der Waals surface area contributed by atoms with Gasteiger partial charge in [-0.05, 0) is 70.5 Å². The topological polar surface area (TPSA) is 25.8 Å². The fourth-order valence-electron chi connectivity index (χ4n) is 7.13. The van der Waals surface area contributed by atoms with Crippen molar-refractivity contribution in [3.05, 3.63) is 181 Å². The van der Waals surface area contributed by atoms with Crippen LogP contribution in [0.1, 0.15) is 11.1 Å². The second kappa shape index (κ2) is 12.9. The van der Waals surface area contributed by atoms with Gasteiger partial charge in [-0.3, -0.25) is 9.97 Å². The minimum atomic E-state index is 1.00. The van der Waals surface area contributed by atoms with Gasteiger partial charge in [-0.15, -0.1) is 11.3 Å². The van der Waals surface area contributed by atoms with Gasteiger partial charge in [0, 0.05) is 54.8 Å². The van der Waals surface area contributed by atoms with Crippen LogP contribution in [0, 0.1) is 13.8 Å². The maximum atomic E-state index is 4.80. The van der Waals surface area contributed by atoms with Crippen molar-refractivity contribution in [1.82, 2.24) is 9.97 Å². The third kappa shape index (κ3) is 5.72. The highest BCUT2D eigenvalue weighted by Crippen LogP contribution is 2.44. The zero-order valence-corrected chi connectivity index (χ0v) is 29.3. The molecular formula is C48H34N2S. The predicted molar refractivity (Wildman–Crippen MR) is 217 cm³/mol. The van der Waals surface area contributed by atoms with Gasteiger partial charge < -0.3 is 0 Å². The summed E-state index contributed by atoms with van der Waals surface area (Å²) >= 11 is 1.89. The molecule has 0 atom stereocenters. The van der Waals surface area contributed by atoms with Crippen LogP contribution in [-0.2, 0) is 0 Å². The third-order valence-electron chi connectivity index (χ3n) is 9.95. The first kappa shape index (κ1) is 30.9. The molecule has 0 radical (unpaired) electrons. The highest BCUT2D eigenvalue weighted by Gasteiger charge is 2.15. The van der Waals surface area contributed by atoms with Gasteiger partial charge in [-0.25, -0.2) is 0 Å². The second-order valence-corrected chi connectivity index (χ2v) is 14.1. The van der Waals surface area contributed by atoms with Crippen molar-refractivity contribution in [3.63, 3.8) is 0 Å². The van der Waals surface area contributed by atoms with Gasteiger partial charge in [0.1, 0.15) is 0 Å². The van der Waals surface area contributed by atoms with Gasteiger partial charge in [-0.2, -0.15) is 0 Å². The Morgan fingerprint density at radius 1 is 0.333 bits per heavy atom. The molecular weight excluding hydrogens is 637 g/mol. The third-order valence-corrected chi connectivity index (χ3v) is 11.2. The number of hydrogen-bond donors (Lipinski definition) is 0. The fraction of sp³-hybridized carbons (Fsp3) is 0.0417. The van der Waals surface area contributed by atoms with E-state index in [9.17, 15) is 0 Å². The van der Waals surface area contributed by atoms with Crippen molar-refractivity contribution in [2.45, 2.75) is 13.8 Å². The molecule has 9 aromatic rings. The first-order chi connectivity index (χ1) is 25.1. The molecule has 3 heteroatoms. The Morgan fingerprint density at radius 3 is 1.10 bits per heavy atom. The van der Waals surface area contributed by atoms with E-state index in [1.165, 1.54) is 64.7 Å². The minimum Gasteiger partial charge on any atom is -0.256 e. The Labute approximate surface area is 302 Å². The van der Waals surface area contributed by atoms with Gasteiger partial charge in [0.05, 0.1) is 11.4 Å². The largest absolute Gasteiger partial charge is 0.256 e. The van der Waals surface area contributed by atoms with E-state index in [1.54, 1.807) is 0 Å². The standard InChI is InChI=1S/C48H34N2S/c1-31-9-3-5-11-39(31)45-27-25-37(29-49-45)33-17-21-35(22-18-33)41-13-7-15-43-44-16-8-14-42(48(44)51-47(41)43)36-23-19-34(20-24-36)38-26-28-46(50-30-38)40-12-6-4-10-32(40)2/h3-30H,1-2H3. The summed E-state index contributed by atoms with van der Waals surface area (Å²) in [5, 5.41) is 2.59. The summed E-state index contributed by atoms with van der Waals surface area (Å²) in [6.07, 6.45) is 3.97. The summed E-state index contributed by atoms with van der Waals surface area (Å²) in [6, 6.07) is 56.6. The number of fused-ring (bicyclic) bond motifs is 3. The minimum absolute atomic E-state index is 1.00. The average molecular weight is 671 g/mol. The highest BCUT2D eigenvalue weighted by molar-refractivity contribution is 7.26. The first-order valence-corrected chi connectivity index (χ1v) is 18.1. The van der Waals surface area contributed by atoms with E-state index in [0.29, 0.717) is 0 Å². The van der Waals surface area contributed by atoms with E-state index in [0.717, 1.165) is 33.6 Å². The quantitative estimate of drug-likeness (QED) is 0.176. The van der Waals surface area contributed by atoms with Crippen molar-refractivity contribution in [1.29, 1.82) is 0 Å². The van der Waals surface area contributed by atoms with Crippen LogP contribution in [0.5, 0.6) is 0 Å². The molecule has 0 spiro atoms. The average Bonchev–Trinajstić information content (AvgIpc) is 3.58. The van der Waals surface area contributed by atoms with E-state index in [-0.39, 0.29) is 0 Å². The lowest BCUT2D eigenvalue weighted by Gasteiger charge is -2.08. The zero-order chi connectivity index (χ0) is 34.3. The van der Waals surface area contributed by atoms with Crippen molar-refractivity contribution in [3.8, 4) is 67.0 Å². The van der Waals surface area contributed by atoms with E-state index in [2.05, 4.69) is 172 Å². The zero-order valence-electron chi connectivity index (χ0n) is 28.5. The normalized spacial score (nSPS) is 11.3. The van der Waals surface area contributed by atoms with Crippen LogP contribution in [0.25, 0.3) is 87.2 Å². The molecule has 6 aromatic carbocycles. The Morgan fingerprint density at radius 2 is 0.706 bits per heavy atom. The number of aromatic nitrogens is 2. The molecule has 0 saturated carbocycles. The Hall–Kier alpha value is -6.16. The lowest BCUT2D eigenvalue weighted by atomic mass is 9.97. The van der Waals surface area contributed by atoms with Gasteiger partial charge in [-0.1, -0.05) is 146 Å². The van der Waals surface area contributed by atoms with Gasteiger partial charge in [0.2, 0.25) is 0 Å². The van der Waals surface area contributed by atoms with Crippen LogP contribution >= 0.6 is 11.3 Å². The van der Waals surface area contributed by atoms with Crippen molar-refractivity contribution < 1.29 is 0 Å². The van der Waals surface area contributed by atoms with Crippen LogP contribution in [0.15, 0.2) is 170 Å². The molecule has 0 unspecified atom stereocenters. The molecule has 0 saturated heterocycles. The van der Waals surface area contributed by atoms with Gasteiger partial charge >= 0.3 is 0 Å².